The van der Waals surface area contributed by atoms with Crippen LogP contribution in [0.4, 0.5) is 4.79 Å². The molecule has 1 saturated heterocycles. The van der Waals surface area contributed by atoms with Gasteiger partial charge in [0, 0.05) is 31.9 Å². The minimum atomic E-state index is -0.431. The molecule has 1 aromatic rings. The van der Waals surface area contributed by atoms with Crippen molar-refractivity contribution in [2.75, 3.05) is 19.6 Å². The van der Waals surface area contributed by atoms with Crippen molar-refractivity contribution < 1.29 is 9.53 Å². The van der Waals surface area contributed by atoms with E-state index < -0.39 is 5.60 Å². The van der Waals surface area contributed by atoms with Crippen LogP contribution in [0.2, 0.25) is 0 Å². The number of ether oxygens (including phenoxy) is 1. The first-order chi connectivity index (χ1) is 10.3. The average molecular weight is 308 g/mol. The fourth-order valence-corrected chi connectivity index (χ4v) is 2.68. The topological polar surface area (TPSA) is 70.2 Å². The first kappa shape index (κ1) is 16.8. The minimum Gasteiger partial charge on any atom is -0.444 e. The Balaban J connectivity index is 1.76. The maximum absolute atomic E-state index is 12.1. The second-order valence-electron chi connectivity index (χ2n) is 7.04. The Hall–Kier alpha value is -1.56. The quantitative estimate of drug-likeness (QED) is 0.896. The lowest BCUT2D eigenvalue weighted by molar-refractivity contribution is 0.0166. The molecule has 0 bridgehead atoms. The van der Waals surface area contributed by atoms with Crippen molar-refractivity contribution in [1.82, 2.24) is 20.2 Å². The Kier molecular flexibility index (Phi) is 5.45. The van der Waals surface area contributed by atoms with Crippen LogP contribution in [0.5, 0.6) is 0 Å². The third-order valence-corrected chi connectivity index (χ3v) is 3.83. The van der Waals surface area contributed by atoms with E-state index in [4.69, 9.17) is 4.74 Å². The molecule has 1 aliphatic heterocycles. The second-order valence-corrected chi connectivity index (χ2v) is 7.04. The first-order valence-electron chi connectivity index (χ1n) is 8.02. The summed E-state index contributed by atoms with van der Waals surface area (Å²) in [5.41, 5.74) is 1.73. The number of amides is 1. The van der Waals surface area contributed by atoms with Crippen LogP contribution in [0.15, 0.2) is 6.33 Å². The molecule has 2 rings (SSSR count). The van der Waals surface area contributed by atoms with Crippen molar-refractivity contribution in [3.8, 4) is 0 Å². The molecule has 0 radical (unpaired) electrons. The van der Waals surface area contributed by atoms with Gasteiger partial charge >= 0.3 is 6.09 Å². The van der Waals surface area contributed by atoms with Crippen LogP contribution in [0.3, 0.4) is 0 Å². The number of likely N-dealkylation sites (tertiary alicyclic amines) is 1. The van der Waals surface area contributed by atoms with Crippen molar-refractivity contribution in [3.05, 3.63) is 17.7 Å². The highest BCUT2D eigenvalue weighted by Crippen LogP contribution is 2.19. The molecule has 0 spiro atoms. The number of piperidine rings is 1. The van der Waals surface area contributed by atoms with E-state index in [1.165, 1.54) is 0 Å². The number of aromatic nitrogens is 2. The molecule has 6 nitrogen and oxygen atoms in total. The van der Waals surface area contributed by atoms with E-state index in [2.05, 4.69) is 15.3 Å². The number of carbonyl (C=O) groups excluding carboxylic acids is 1. The van der Waals surface area contributed by atoms with Crippen molar-refractivity contribution in [1.29, 1.82) is 0 Å². The molecule has 0 aromatic carbocycles. The van der Waals surface area contributed by atoms with Gasteiger partial charge in [0.2, 0.25) is 0 Å². The Morgan fingerprint density at radius 3 is 2.95 bits per heavy atom. The molecule has 1 unspecified atom stereocenters. The molecule has 1 fully saturated rings. The molecular formula is C16H28N4O2. The van der Waals surface area contributed by atoms with Crippen molar-refractivity contribution >= 4 is 6.09 Å². The number of hydrogen-bond donors (Lipinski definition) is 2. The van der Waals surface area contributed by atoms with Crippen LogP contribution in [0.25, 0.3) is 0 Å². The maximum atomic E-state index is 12.1. The summed E-state index contributed by atoms with van der Waals surface area (Å²) >= 11 is 0. The van der Waals surface area contributed by atoms with Gasteiger partial charge in [0.05, 0.1) is 12.0 Å². The number of hydrogen-bond acceptors (Lipinski definition) is 4. The molecule has 1 atom stereocenters. The molecule has 0 saturated carbocycles. The number of carbonyl (C=O) groups is 1. The number of H-pyrrole nitrogens is 1. The summed E-state index contributed by atoms with van der Waals surface area (Å²) in [6, 6.07) is 0. The number of aromatic amines is 1. The van der Waals surface area contributed by atoms with Crippen molar-refractivity contribution in [2.45, 2.75) is 52.7 Å². The normalized spacial score (nSPS) is 19.3. The van der Waals surface area contributed by atoms with Gasteiger partial charge in [-0.05, 0) is 46.5 Å². The average Bonchev–Trinajstić information content (AvgIpc) is 2.83. The molecule has 22 heavy (non-hydrogen) atoms. The van der Waals surface area contributed by atoms with Gasteiger partial charge in [-0.15, -0.1) is 0 Å². The summed E-state index contributed by atoms with van der Waals surface area (Å²) < 4.78 is 5.46. The molecule has 124 valence electrons. The van der Waals surface area contributed by atoms with E-state index in [-0.39, 0.29) is 6.09 Å². The number of imidazole rings is 1. The number of aryl methyl sites for hydroxylation is 1. The van der Waals surface area contributed by atoms with Crippen LogP contribution >= 0.6 is 0 Å². The zero-order chi connectivity index (χ0) is 16.2. The molecule has 0 aliphatic carbocycles. The Morgan fingerprint density at radius 1 is 1.55 bits per heavy atom. The SMILES string of the molecule is Cc1[nH]cnc1CNCC1CCCN(C(=O)OC(C)(C)C)C1. The van der Waals surface area contributed by atoms with E-state index >= 15 is 0 Å². The number of rotatable bonds is 4. The minimum absolute atomic E-state index is 0.194. The van der Waals surface area contributed by atoms with Gasteiger partial charge in [0.1, 0.15) is 5.60 Å². The highest BCUT2D eigenvalue weighted by molar-refractivity contribution is 5.68. The lowest BCUT2D eigenvalue weighted by atomic mass is 9.98. The summed E-state index contributed by atoms with van der Waals surface area (Å²) in [5, 5.41) is 3.44. The molecular weight excluding hydrogens is 280 g/mol. The lowest BCUT2D eigenvalue weighted by Crippen LogP contribution is -2.45. The standard InChI is InChI=1S/C16H28N4O2/c1-12-14(19-11-18-12)9-17-8-13-6-5-7-20(10-13)15(21)22-16(2,3)4/h11,13,17H,5-10H2,1-4H3,(H,18,19). The molecule has 1 aliphatic rings. The number of nitrogens with zero attached hydrogens (tertiary/aromatic N) is 2. The molecule has 1 aromatic heterocycles. The fraction of sp³-hybridized carbons (Fsp3) is 0.750. The Labute approximate surface area is 132 Å². The van der Waals surface area contributed by atoms with Gasteiger partial charge in [0.15, 0.2) is 0 Å². The van der Waals surface area contributed by atoms with Crippen molar-refractivity contribution in [2.24, 2.45) is 5.92 Å². The number of nitrogens with one attached hydrogen (secondary N) is 2. The zero-order valence-corrected chi connectivity index (χ0v) is 14.1. The van der Waals surface area contributed by atoms with E-state index in [0.29, 0.717) is 5.92 Å². The van der Waals surface area contributed by atoms with E-state index in [1.54, 1.807) is 6.33 Å². The van der Waals surface area contributed by atoms with Crippen LogP contribution in [-0.4, -0.2) is 46.2 Å². The summed E-state index contributed by atoms with van der Waals surface area (Å²) in [7, 11) is 0. The molecule has 2 N–H and O–H groups in total. The second kappa shape index (κ2) is 7.13. The third kappa shape index (κ3) is 5.02. The first-order valence-corrected chi connectivity index (χ1v) is 8.02. The monoisotopic (exact) mass is 308 g/mol. The van der Waals surface area contributed by atoms with Gasteiger partial charge in [-0.1, -0.05) is 0 Å². The van der Waals surface area contributed by atoms with Gasteiger partial charge < -0.3 is 19.9 Å². The predicted octanol–water partition coefficient (Wildman–Crippen LogP) is 2.45. The van der Waals surface area contributed by atoms with Gasteiger partial charge in [0.25, 0.3) is 0 Å². The zero-order valence-electron chi connectivity index (χ0n) is 14.1. The molecule has 2 heterocycles. The smallest absolute Gasteiger partial charge is 0.410 e. The summed E-state index contributed by atoms with van der Waals surface area (Å²) in [6.07, 6.45) is 3.70. The van der Waals surface area contributed by atoms with Crippen LogP contribution in [0.1, 0.15) is 45.0 Å². The van der Waals surface area contributed by atoms with Gasteiger partial charge in [-0.3, -0.25) is 0 Å². The fourth-order valence-electron chi connectivity index (χ4n) is 2.68. The Bertz CT molecular complexity index is 493. The van der Waals surface area contributed by atoms with Crippen molar-refractivity contribution in [3.63, 3.8) is 0 Å². The van der Waals surface area contributed by atoms with Crippen LogP contribution in [-0.2, 0) is 11.3 Å². The maximum Gasteiger partial charge on any atom is 0.410 e. The summed E-state index contributed by atoms with van der Waals surface area (Å²) in [5.74, 6) is 0.473. The van der Waals surface area contributed by atoms with Crippen LogP contribution < -0.4 is 5.32 Å². The highest BCUT2D eigenvalue weighted by atomic mass is 16.6. The van der Waals surface area contributed by atoms with Crippen LogP contribution in [0, 0.1) is 12.8 Å². The molecule has 1 amide bonds. The van der Waals surface area contributed by atoms with Gasteiger partial charge in [-0.2, -0.15) is 0 Å². The Morgan fingerprint density at radius 2 is 2.32 bits per heavy atom. The summed E-state index contributed by atoms with van der Waals surface area (Å²) in [4.78, 5) is 21.3. The van der Waals surface area contributed by atoms with Gasteiger partial charge in [-0.25, -0.2) is 9.78 Å². The lowest BCUT2D eigenvalue weighted by Gasteiger charge is -2.34. The molecule has 6 heteroatoms. The van der Waals surface area contributed by atoms with E-state index in [9.17, 15) is 4.79 Å². The predicted molar refractivity (Wildman–Crippen MR) is 85.6 cm³/mol. The third-order valence-electron chi connectivity index (χ3n) is 3.83. The largest absolute Gasteiger partial charge is 0.444 e. The highest BCUT2D eigenvalue weighted by Gasteiger charge is 2.27. The summed E-state index contributed by atoms with van der Waals surface area (Å²) in [6.45, 7) is 10.9. The van der Waals surface area contributed by atoms with E-state index in [1.807, 2.05) is 32.6 Å². The van der Waals surface area contributed by atoms with E-state index in [0.717, 1.165) is 50.4 Å².